The molecular formula is C8H12NO2S+. The van der Waals surface area contributed by atoms with Crippen molar-refractivity contribution in [1.29, 1.82) is 5.41 Å². The second-order valence-electron chi connectivity index (χ2n) is 3.22. The van der Waals surface area contributed by atoms with Gasteiger partial charge in [-0.2, -0.15) is 4.79 Å². The van der Waals surface area contributed by atoms with Crippen molar-refractivity contribution >= 4 is 23.8 Å². The highest BCUT2D eigenvalue weighted by Gasteiger charge is 2.06. The maximum absolute atomic E-state index is 10.3. The molecule has 0 aliphatic rings. The molecule has 1 N–H and O–H groups in total. The molecule has 0 saturated heterocycles. The third kappa shape index (κ3) is 7.16. The molecule has 3 nitrogen and oxygen atoms in total. The van der Waals surface area contributed by atoms with Crippen molar-refractivity contribution in [2.75, 3.05) is 0 Å². The summed E-state index contributed by atoms with van der Waals surface area (Å²) in [6.07, 6.45) is 0. The Morgan fingerprint density at radius 3 is 2.33 bits per heavy atom. The van der Waals surface area contributed by atoms with Crippen LogP contribution in [0.4, 0.5) is 4.79 Å². The zero-order chi connectivity index (χ0) is 9.78. The van der Waals surface area contributed by atoms with Crippen LogP contribution in [-0.4, -0.2) is 11.2 Å². The quantitative estimate of drug-likeness (QED) is 0.203. The van der Waals surface area contributed by atoms with E-state index in [0.717, 1.165) is 0 Å². The second kappa shape index (κ2) is 4.17. The van der Waals surface area contributed by atoms with Gasteiger partial charge in [0.1, 0.15) is 0 Å². The lowest BCUT2D eigenvalue weighted by Crippen LogP contribution is -2.06. The maximum atomic E-state index is 10.3. The predicted molar refractivity (Wildman–Crippen MR) is 51.6 cm³/mol. The monoisotopic (exact) mass is 186 g/mol. The molecule has 0 amide bonds. The van der Waals surface area contributed by atoms with Crippen LogP contribution in [-0.2, 0) is 17.4 Å². The van der Waals surface area contributed by atoms with Crippen LogP contribution in [0.25, 0.3) is 0 Å². The smallest absolute Gasteiger partial charge is 0.360 e. The lowest BCUT2D eigenvalue weighted by molar-refractivity contribution is 0.225. The summed E-state index contributed by atoms with van der Waals surface area (Å²) in [5, 5.41) is 6.35. The summed E-state index contributed by atoms with van der Waals surface area (Å²) in [5.41, 5.74) is -0.190. The molecule has 4 heteroatoms. The molecule has 0 atom stereocenters. The first kappa shape index (κ1) is 11.1. The van der Waals surface area contributed by atoms with E-state index in [9.17, 15) is 4.79 Å². The van der Waals surface area contributed by atoms with Crippen LogP contribution in [0.1, 0.15) is 20.8 Å². The Morgan fingerprint density at radius 2 is 2.00 bits per heavy atom. The van der Waals surface area contributed by atoms with Crippen LogP contribution in [0.2, 0.25) is 0 Å². The first-order valence-electron chi connectivity index (χ1n) is 3.36. The molecular weight excluding hydrogens is 174 g/mol. The number of ether oxygens (including phenoxy) is 1. The maximum Gasteiger partial charge on any atom is 0.527 e. The van der Waals surface area contributed by atoms with Gasteiger partial charge in [-0.25, -0.2) is 0 Å². The van der Waals surface area contributed by atoms with E-state index in [4.69, 9.17) is 5.41 Å². The molecule has 0 fully saturated rings. The van der Waals surface area contributed by atoms with Crippen molar-refractivity contribution in [1.82, 2.24) is 0 Å². The van der Waals surface area contributed by atoms with Crippen LogP contribution in [0.3, 0.4) is 0 Å². The van der Waals surface area contributed by atoms with Crippen LogP contribution in [0, 0.1) is 22.7 Å². The van der Waals surface area contributed by atoms with Gasteiger partial charge in [-0.3, -0.25) is 5.41 Å². The van der Waals surface area contributed by atoms with Crippen molar-refractivity contribution in [3.8, 4) is 11.8 Å². The Morgan fingerprint density at radius 1 is 1.50 bits per heavy atom. The Balaban J connectivity index is 4.15. The van der Waals surface area contributed by atoms with Crippen molar-refractivity contribution < 1.29 is 9.53 Å². The van der Waals surface area contributed by atoms with E-state index in [0.29, 0.717) is 0 Å². The first-order valence-corrected chi connectivity index (χ1v) is 3.86. The van der Waals surface area contributed by atoms with E-state index in [-0.39, 0.29) is 11.3 Å². The first-order chi connectivity index (χ1) is 5.31. The van der Waals surface area contributed by atoms with Gasteiger partial charge >= 0.3 is 5.30 Å². The topological polar surface area (TPSA) is 50.1 Å². The third-order valence-corrected chi connectivity index (χ3v) is 0.848. The highest BCUT2D eigenvalue weighted by atomic mass is 32.1. The Kier molecular flexibility index (Phi) is 3.84. The molecule has 0 rings (SSSR count). The minimum atomic E-state index is -0.705. The summed E-state index contributed by atoms with van der Waals surface area (Å²) in [5.74, 6) is 4.82. The molecule has 0 unspecified atom stereocenters. The molecule has 0 heterocycles. The fourth-order valence-corrected chi connectivity index (χ4v) is 0.465. The summed E-state index contributed by atoms with van der Waals surface area (Å²) >= 11 is 2.57. The lowest BCUT2D eigenvalue weighted by Gasteiger charge is -2.06. The minimum Gasteiger partial charge on any atom is -0.360 e. The van der Waals surface area contributed by atoms with Crippen LogP contribution in [0.5, 0.6) is 0 Å². The van der Waals surface area contributed by atoms with E-state index in [2.05, 4.69) is 29.2 Å². The predicted octanol–water partition coefficient (Wildman–Crippen LogP) is 1.16. The molecule has 0 radical (unpaired) electrons. The van der Waals surface area contributed by atoms with E-state index in [1.54, 1.807) is 0 Å². The Bertz CT molecular complexity index is 254. The highest BCUT2D eigenvalue weighted by molar-refractivity contribution is 7.76. The zero-order valence-corrected chi connectivity index (χ0v) is 8.32. The van der Waals surface area contributed by atoms with Gasteiger partial charge < -0.3 is 4.74 Å². The fraction of sp³-hybridized carbons (Fsp3) is 0.500. The molecule has 12 heavy (non-hydrogen) atoms. The summed E-state index contributed by atoms with van der Waals surface area (Å²) in [6.45, 7) is 5.72. The minimum absolute atomic E-state index is 0.190. The average molecular weight is 186 g/mol. The largest absolute Gasteiger partial charge is 0.527 e. The fourth-order valence-electron chi connectivity index (χ4n) is 0.362. The average Bonchev–Trinajstić information content (AvgIpc) is 1.80. The molecule has 0 aromatic rings. The van der Waals surface area contributed by atoms with Gasteiger partial charge in [-0.15, -0.1) is 0 Å². The van der Waals surface area contributed by atoms with Gasteiger partial charge in [0.15, 0.2) is 0 Å². The van der Waals surface area contributed by atoms with Gasteiger partial charge in [0, 0.05) is 5.41 Å². The number of nitrogens with one attached hydrogen (secondary N) is 1. The normalized spacial score (nSPS) is 9.67. The van der Waals surface area contributed by atoms with Gasteiger partial charge in [0.25, 0.3) is 5.90 Å². The highest BCUT2D eigenvalue weighted by Crippen LogP contribution is 2.09. The molecule has 0 aliphatic carbocycles. The van der Waals surface area contributed by atoms with Crippen LogP contribution < -0.4 is 0 Å². The van der Waals surface area contributed by atoms with Crippen molar-refractivity contribution in [2.45, 2.75) is 20.8 Å². The van der Waals surface area contributed by atoms with Crippen LogP contribution >= 0.6 is 0 Å². The summed E-state index contributed by atoms with van der Waals surface area (Å²) in [7, 11) is 0. The summed E-state index contributed by atoms with van der Waals surface area (Å²) < 4.78 is 4.33. The van der Waals surface area contributed by atoms with Crippen molar-refractivity contribution in [3.63, 3.8) is 0 Å². The molecule has 0 bridgehead atoms. The van der Waals surface area contributed by atoms with Gasteiger partial charge in [-0.05, 0) is 26.7 Å². The van der Waals surface area contributed by atoms with Gasteiger partial charge in [0.2, 0.25) is 0 Å². The number of carbonyl (C=O) groups excluding carboxylic acids is 1. The summed E-state index contributed by atoms with van der Waals surface area (Å²) in [6, 6.07) is 0. The Hall–Kier alpha value is -0.950. The number of carbonyl (C=O) groups is 1. The summed E-state index contributed by atoms with van der Waals surface area (Å²) in [4.78, 5) is 10.3. The zero-order valence-electron chi connectivity index (χ0n) is 7.32. The van der Waals surface area contributed by atoms with E-state index in [1.807, 2.05) is 20.8 Å². The molecule has 0 aromatic heterocycles. The van der Waals surface area contributed by atoms with Gasteiger partial charge in [-0.1, -0.05) is 5.92 Å². The second-order valence-corrected chi connectivity index (χ2v) is 3.63. The molecule has 0 aliphatic heterocycles. The number of rotatable bonds is 0. The molecule has 0 saturated carbocycles. The lowest BCUT2D eigenvalue weighted by atomic mass is 9.98. The van der Waals surface area contributed by atoms with E-state index >= 15 is 0 Å². The van der Waals surface area contributed by atoms with E-state index < -0.39 is 5.30 Å². The van der Waals surface area contributed by atoms with Gasteiger partial charge in [0.05, 0.1) is 12.6 Å². The molecule has 0 aromatic carbocycles. The standard InChI is InChI=1S/C8H11NO2S/c1-8(2,3)5-4-6(9)11-7(10)12/h9H,1-3H3,(H,10,12)/p+1. The van der Waals surface area contributed by atoms with Crippen molar-refractivity contribution in [3.05, 3.63) is 0 Å². The number of hydrogen-bond donors (Lipinski definition) is 1. The number of hydrogen-bond acceptors (Lipinski definition) is 3. The third-order valence-electron chi connectivity index (χ3n) is 0.746. The van der Waals surface area contributed by atoms with Crippen LogP contribution in [0.15, 0.2) is 0 Å². The molecule has 66 valence electrons. The Labute approximate surface area is 77.4 Å². The van der Waals surface area contributed by atoms with Crippen molar-refractivity contribution in [2.24, 2.45) is 5.41 Å². The SMILES string of the molecule is CC(C)(C)C#CC(=N)OC(=O)[SH2+]. The van der Waals surface area contributed by atoms with E-state index in [1.165, 1.54) is 0 Å². The molecule has 0 spiro atoms.